The standard InChI is InChI=1S/C11H14BrN3O5S/c1-20-8-3-2-7(12)4-9(8)21(18,19)15(5-10(13)16)6-11(14)17/h2-4H,5-6H2,1H3,(H2,13,16)(H2,14,17). The van der Waals surface area contributed by atoms with E-state index < -0.39 is 34.9 Å². The quantitative estimate of drug-likeness (QED) is 0.653. The van der Waals surface area contributed by atoms with Crippen molar-refractivity contribution in [3.05, 3.63) is 22.7 Å². The first-order valence-electron chi connectivity index (χ1n) is 5.58. The molecule has 21 heavy (non-hydrogen) atoms. The molecule has 0 radical (unpaired) electrons. The highest BCUT2D eigenvalue weighted by atomic mass is 79.9. The van der Waals surface area contributed by atoms with Gasteiger partial charge in [-0.3, -0.25) is 9.59 Å². The highest BCUT2D eigenvalue weighted by molar-refractivity contribution is 9.10. The van der Waals surface area contributed by atoms with E-state index in [1.807, 2.05) is 0 Å². The summed E-state index contributed by atoms with van der Waals surface area (Å²) in [7, 11) is -2.88. The zero-order valence-electron chi connectivity index (χ0n) is 11.1. The number of hydrogen-bond acceptors (Lipinski definition) is 5. The van der Waals surface area contributed by atoms with E-state index in [0.717, 1.165) is 0 Å². The third-order valence-corrected chi connectivity index (χ3v) is 4.71. The van der Waals surface area contributed by atoms with Crippen LogP contribution in [0.2, 0.25) is 0 Å². The Bertz CT molecular complexity index is 646. The lowest BCUT2D eigenvalue weighted by Crippen LogP contribution is -2.43. The molecule has 1 aromatic rings. The molecular weight excluding hydrogens is 366 g/mol. The van der Waals surface area contributed by atoms with Gasteiger partial charge >= 0.3 is 0 Å². The number of sulfonamides is 1. The number of ether oxygens (including phenoxy) is 1. The van der Waals surface area contributed by atoms with Crippen LogP contribution in [0.15, 0.2) is 27.6 Å². The summed E-state index contributed by atoms with van der Waals surface area (Å²) in [5.74, 6) is -1.75. The van der Waals surface area contributed by atoms with Gasteiger partial charge in [0.05, 0.1) is 20.2 Å². The molecule has 0 aliphatic rings. The molecule has 8 nitrogen and oxygen atoms in total. The van der Waals surface area contributed by atoms with Crippen molar-refractivity contribution in [2.24, 2.45) is 11.5 Å². The maximum atomic E-state index is 12.5. The number of halogens is 1. The first kappa shape index (κ1) is 17.4. The summed E-state index contributed by atoms with van der Waals surface area (Å²) in [5.41, 5.74) is 10.0. The molecule has 2 amide bonds. The summed E-state index contributed by atoms with van der Waals surface area (Å²) < 4.78 is 31.2. The van der Waals surface area contributed by atoms with Crippen molar-refractivity contribution in [2.45, 2.75) is 4.90 Å². The topological polar surface area (TPSA) is 133 Å². The van der Waals surface area contributed by atoms with E-state index in [1.165, 1.54) is 19.2 Å². The van der Waals surface area contributed by atoms with Gasteiger partial charge in [-0.05, 0) is 18.2 Å². The van der Waals surface area contributed by atoms with E-state index in [2.05, 4.69) is 15.9 Å². The minimum absolute atomic E-state index is 0.0668. The normalized spacial score (nSPS) is 11.4. The van der Waals surface area contributed by atoms with E-state index >= 15 is 0 Å². The van der Waals surface area contributed by atoms with Crippen molar-refractivity contribution in [1.82, 2.24) is 4.31 Å². The molecule has 0 bridgehead atoms. The Hall–Kier alpha value is -1.65. The maximum absolute atomic E-state index is 12.5. The van der Waals surface area contributed by atoms with Gasteiger partial charge in [-0.1, -0.05) is 15.9 Å². The second-order valence-electron chi connectivity index (χ2n) is 4.00. The highest BCUT2D eigenvalue weighted by Gasteiger charge is 2.30. The Labute approximate surface area is 130 Å². The Balaban J connectivity index is 3.37. The van der Waals surface area contributed by atoms with Crippen molar-refractivity contribution in [1.29, 1.82) is 0 Å². The summed E-state index contributed by atoms with van der Waals surface area (Å²) in [6, 6.07) is 4.32. The van der Waals surface area contributed by atoms with Crippen molar-refractivity contribution in [2.75, 3.05) is 20.2 Å². The van der Waals surface area contributed by atoms with Gasteiger partial charge in [0.2, 0.25) is 21.8 Å². The lowest BCUT2D eigenvalue weighted by molar-refractivity contribution is -0.120. The number of carbonyl (C=O) groups excluding carboxylic acids is 2. The van der Waals surface area contributed by atoms with Crippen LogP contribution in [0.1, 0.15) is 0 Å². The van der Waals surface area contributed by atoms with E-state index in [0.29, 0.717) is 8.78 Å². The monoisotopic (exact) mass is 379 g/mol. The second kappa shape index (κ2) is 6.87. The zero-order valence-corrected chi connectivity index (χ0v) is 13.5. The Morgan fingerprint density at radius 2 is 1.76 bits per heavy atom. The maximum Gasteiger partial charge on any atom is 0.247 e. The summed E-state index contributed by atoms with van der Waals surface area (Å²) in [5, 5.41) is 0. The number of carbonyl (C=O) groups is 2. The molecule has 0 spiro atoms. The molecule has 0 aliphatic carbocycles. The van der Waals surface area contributed by atoms with Crippen molar-refractivity contribution < 1.29 is 22.7 Å². The summed E-state index contributed by atoms with van der Waals surface area (Å²) >= 11 is 3.15. The van der Waals surface area contributed by atoms with Gasteiger partial charge < -0.3 is 16.2 Å². The van der Waals surface area contributed by atoms with Gasteiger partial charge in [-0.2, -0.15) is 4.31 Å². The molecule has 10 heteroatoms. The third-order valence-electron chi connectivity index (χ3n) is 2.41. The van der Waals surface area contributed by atoms with Crippen LogP contribution in [0.5, 0.6) is 5.75 Å². The van der Waals surface area contributed by atoms with Crippen LogP contribution in [0.25, 0.3) is 0 Å². The number of benzene rings is 1. The molecule has 0 atom stereocenters. The van der Waals surface area contributed by atoms with Crippen LogP contribution in [-0.2, 0) is 19.6 Å². The number of amides is 2. The smallest absolute Gasteiger partial charge is 0.247 e. The Morgan fingerprint density at radius 1 is 1.24 bits per heavy atom. The lowest BCUT2D eigenvalue weighted by atomic mass is 10.3. The van der Waals surface area contributed by atoms with Crippen LogP contribution in [0, 0.1) is 0 Å². The fourth-order valence-corrected chi connectivity index (χ4v) is 3.63. The second-order valence-corrected chi connectivity index (χ2v) is 6.82. The molecule has 0 fully saturated rings. The van der Waals surface area contributed by atoms with Crippen LogP contribution in [0.3, 0.4) is 0 Å². The first-order chi connectivity index (χ1) is 9.68. The van der Waals surface area contributed by atoms with Crippen molar-refractivity contribution in [3.8, 4) is 5.75 Å². The number of nitrogens with two attached hydrogens (primary N) is 2. The number of nitrogens with zero attached hydrogens (tertiary/aromatic N) is 1. The average molecular weight is 380 g/mol. The van der Waals surface area contributed by atoms with E-state index in [1.54, 1.807) is 6.07 Å². The summed E-state index contributed by atoms with van der Waals surface area (Å²) in [4.78, 5) is 21.8. The average Bonchev–Trinajstić information content (AvgIpc) is 2.36. The van der Waals surface area contributed by atoms with Crippen molar-refractivity contribution in [3.63, 3.8) is 0 Å². The SMILES string of the molecule is COc1ccc(Br)cc1S(=O)(=O)N(CC(N)=O)CC(N)=O. The largest absolute Gasteiger partial charge is 0.495 e. The Morgan fingerprint density at radius 3 is 2.19 bits per heavy atom. The van der Waals surface area contributed by atoms with Gasteiger partial charge in [0.15, 0.2) is 0 Å². The van der Waals surface area contributed by atoms with E-state index in [9.17, 15) is 18.0 Å². The number of primary amides is 2. The molecule has 0 unspecified atom stereocenters. The molecule has 0 aromatic heterocycles. The van der Waals surface area contributed by atoms with Crippen molar-refractivity contribution >= 4 is 37.8 Å². The van der Waals surface area contributed by atoms with Gasteiger partial charge in [-0.15, -0.1) is 0 Å². The predicted octanol–water partition coefficient (Wildman–Crippen LogP) is -0.581. The highest BCUT2D eigenvalue weighted by Crippen LogP contribution is 2.29. The molecule has 0 aliphatic heterocycles. The van der Waals surface area contributed by atoms with Crippen LogP contribution < -0.4 is 16.2 Å². The molecule has 1 aromatic carbocycles. The molecular formula is C11H14BrN3O5S. The summed E-state index contributed by atoms with van der Waals surface area (Å²) in [6.45, 7) is -1.33. The number of rotatable bonds is 7. The fraction of sp³-hybridized carbons (Fsp3) is 0.273. The molecule has 116 valence electrons. The summed E-state index contributed by atoms with van der Waals surface area (Å²) in [6.07, 6.45) is 0. The van der Waals surface area contributed by atoms with Gasteiger partial charge in [0.1, 0.15) is 10.6 Å². The fourth-order valence-electron chi connectivity index (χ4n) is 1.56. The zero-order chi connectivity index (χ0) is 16.2. The lowest BCUT2D eigenvalue weighted by Gasteiger charge is -2.20. The van der Waals surface area contributed by atoms with Gasteiger partial charge in [0, 0.05) is 4.47 Å². The van der Waals surface area contributed by atoms with Crippen LogP contribution in [0.4, 0.5) is 0 Å². The van der Waals surface area contributed by atoms with Crippen LogP contribution >= 0.6 is 15.9 Å². The predicted molar refractivity (Wildman–Crippen MR) is 77.8 cm³/mol. The van der Waals surface area contributed by atoms with Gasteiger partial charge in [-0.25, -0.2) is 8.42 Å². The molecule has 4 N–H and O–H groups in total. The van der Waals surface area contributed by atoms with Gasteiger partial charge in [0.25, 0.3) is 0 Å². The third kappa shape index (κ3) is 4.41. The van der Waals surface area contributed by atoms with E-state index in [-0.39, 0.29) is 10.6 Å². The molecule has 1 rings (SSSR count). The first-order valence-corrected chi connectivity index (χ1v) is 7.82. The molecule has 0 saturated carbocycles. The number of hydrogen-bond donors (Lipinski definition) is 2. The molecule has 0 saturated heterocycles. The minimum Gasteiger partial charge on any atom is -0.495 e. The molecule has 0 heterocycles. The Kier molecular flexibility index (Phi) is 5.70. The minimum atomic E-state index is -4.18. The number of methoxy groups -OCH3 is 1. The van der Waals surface area contributed by atoms with Crippen LogP contribution in [-0.4, -0.2) is 44.7 Å². The van der Waals surface area contributed by atoms with E-state index in [4.69, 9.17) is 16.2 Å².